The summed E-state index contributed by atoms with van der Waals surface area (Å²) in [7, 11) is 0. The van der Waals surface area contributed by atoms with E-state index in [1.807, 2.05) is 0 Å². The van der Waals surface area contributed by atoms with Gasteiger partial charge >= 0.3 is 0 Å². The second kappa shape index (κ2) is 8.83. The lowest BCUT2D eigenvalue weighted by Gasteiger charge is -2.21. The first-order valence-corrected chi connectivity index (χ1v) is 6.80. The van der Waals surface area contributed by atoms with Crippen molar-refractivity contribution in [2.24, 2.45) is 5.84 Å². The summed E-state index contributed by atoms with van der Waals surface area (Å²) in [4.78, 5) is 11.0. The molecule has 1 rings (SSSR count). The highest BCUT2D eigenvalue weighted by atomic mass is 15.3. The van der Waals surface area contributed by atoms with Crippen molar-refractivity contribution >= 4 is 5.82 Å². The third-order valence-corrected chi connectivity index (χ3v) is 2.89. The fraction of sp³-hybridized carbons (Fsp3) is 0.692. The number of nitrogens with one attached hydrogen (secondary N) is 1. The van der Waals surface area contributed by atoms with Crippen LogP contribution in [0.25, 0.3) is 0 Å². The van der Waals surface area contributed by atoms with E-state index in [1.54, 1.807) is 12.4 Å². The van der Waals surface area contributed by atoms with Crippen LogP contribution in [0, 0.1) is 0 Å². The minimum absolute atomic E-state index is 0.604. The summed E-state index contributed by atoms with van der Waals surface area (Å²) < 4.78 is 0. The van der Waals surface area contributed by atoms with Crippen molar-refractivity contribution in [3.63, 3.8) is 0 Å². The molecule has 0 aliphatic heterocycles. The summed E-state index contributed by atoms with van der Waals surface area (Å²) in [6, 6.07) is 0. The van der Waals surface area contributed by atoms with Crippen molar-refractivity contribution in [2.45, 2.75) is 46.1 Å². The second-order valence-corrected chi connectivity index (χ2v) is 4.52. The molecule has 0 bridgehead atoms. The SMILES string of the molecule is CCCCN(CCCC)Cc1cnc(NN)cn1. The number of hydrazine groups is 1. The number of anilines is 1. The van der Waals surface area contributed by atoms with Crippen LogP contribution in [0.1, 0.15) is 45.2 Å². The third kappa shape index (κ3) is 5.42. The molecule has 5 nitrogen and oxygen atoms in total. The molecule has 0 saturated carbocycles. The number of hydrogen-bond donors (Lipinski definition) is 2. The molecule has 0 aromatic carbocycles. The van der Waals surface area contributed by atoms with Crippen LogP contribution in [0.4, 0.5) is 5.82 Å². The van der Waals surface area contributed by atoms with Crippen LogP contribution in [0.15, 0.2) is 12.4 Å². The molecular formula is C13H25N5. The number of nitrogens with zero attached hydrogens (tertiary/aromatic N) is 3. The van der Waals surface area contributed by atoms with E-state index in [0.29, 0.717) is 5.82 Å². The van der Waals surface area contributed by atoms with E-state index in [0.717, 1.165) is 25.3 Å². The highest BCUT2D eigenvalue weighted by molar-refractivity contribution is 5.28. The molecule has 0 aliphatic rings. The van der Waals surface area contributed by atoms with Gasteiger partial charge in [-0.15, -0.1) is 0 Å². The topological polar surface area (TPSA) is 67.1 Å². The van der Waals surface area contributed by atoms with Gasteiger partial charge in [0.05, 0.1) is 18.1 Å². The maximum atomic E-state index is 5.27. The molecule has 5 heteroatoms. The zero-order chi connectivity index (χ0) is 13.2. The zero-order valence-electron chi connectivity index (χ0n) is 11.5. The fourth-order valence-electron chi connectivity index (χ4n) is 1.77. The lowest BCUT2D eigenvalue weighted by molar-refractivity contribution is 0.254. The molecule has 1 aromatic heterocycles. The summed E-state index contributed by atoms with van der Waals surface area (Å²) in [5.41, 5.74) is 3.49. The monoisotopic (exact) mass is 251 g/mol. The standard InChI is InChI=1S/C13H25N5/c1-3-5-7-18(8-6-4-2)11-12-9-16-13(17-14)10-15-12/h9-10H,3-8,11,14H2,1-2H3,(H,16,17). The van der Waals surface area contributed by atoms with Crippen LogP contribution in [0.3, 0.4) is 0 Å². The number of nitrogens with two attached hydrogens (primary N) is 1. The Hall–Kier alpha value is -1.20. The van der Waals surface area contributed by atoms with Gasteiger partial charge in [0.2, 0.25) is 0 Å². The minimum atomic E-state index is 0.604. The fourth-order valence-corrected chi connectivity index (χ4v) is 1.77. The van der Waals surface area contributed by atoms with Gasteiger partial charge in [-0.25, -0.2) is 10.8 Å². The second-order valence-electron chi connectivity index (χ2n) is 4.52. The molecule has 0 spiro atoms. The Morgan fingerprint density at radius 3 is 2.22 bits per heavy atom. The molecule has 1 aromatic rings. The number of hydrogen-bond acceptors (Lipinski definition) is 5. The first kappa shape index (κ1) is 14.9. The quantitative estimate of drug-likeness (QED) is 0.520. The van der Waals surface area contributed by atoms with Crippen molar-refractivity contribution in [1.29, 1.82) is 0 Å². The van der Waals surface area contributed by atoms with E-state index >= 15 is 0 Å². The van der Waals surface area contributed by atoms with Gasteiger partial charge in [0.1, 0.15) is 0 Å². The van der Waals surface area contributed by atoms with Crippen molar-refractivity contribution < 1.29 is 0 Å². The Bertz CT molecular complexity index is 304. The van der Waals surface area contributed by atoms with Crippen molar-refractivity contribution in [3.8, 4) is 0 Å². The molecule has 0 atom stereocenters. The Morgan fingerprint density at radius 1 is 1.11 bits per heavy atom. The van der Waals surface area contributed by atoms with Gasteiger partial charge in [-0.3, -0.25) is 9.88 Å². The summed E-state index contributed by atoms with van der Waals surface area (Å²) in [6.07, 6.45) is 8.39. The largest absolute Gasteiger partial charge is 0.307 e. The average molecular weight is 251 g/mol. The molecule has 102 valence electrons. The predicted molar refractivity (Wildman–Crippen MR) is 74.9 cm³/mol. The van der Waals surface area contributed by atoms with E-state index in [4.69, 9.17) is 5.84 Å². The number of unbranched alkanes of at least 4 members (excludes halogenated alkanes) is 2. The van der Waals surface area contributed by atoms with Gasteiger partial charge in [-0.2, -0.15) is 0 Å². The van der Waals surface area contributed by atoms with E-state index in [2.05, 4.69) is 34.1 Å². The lowest BCUT2D eigenvalue weighted by Crippen LogP contribution is -2.26. The molecule has 0 saturated heterocycles. The van der Waals surface area contributed by atoms with Gasteiger partial charge in [-0.05, 0) is 25.9 Å². The molecule has 0 radical (unpaired) electrons. The zero-order valence-corrected chi connectivity index (χ0v) is 11.5. The van der Waals surface area contributed by atoms with Gasteiger partial charge in [0, 0.05) is 6.54 Å². The summed E-state index contributed by atoms with van der Waals surface area (Å²) in [5.74, 6) is 5.87. The average Bonchev–Trinajstić information content (AvgIpc) is 2.42. The predicted octanol–water partition coefficient (Wildman–Crippen LogP) is 2.16. The summed E-state index contributed by atoms with van der Waals surface area (Å²) in [5, 5.41) is 0. The molecule has 0 aliphatic carbocycles. The molecule has 0 unspecified atom stereocenters. The normalized spacial score (nSPS) is 10.9. The molecular weight excluding hydrogens is 226 g/mol. The van der Waals surface area contributed by atoms with Crippen LogP contribution in [-0.2, 0) is 6.54 Å². The van der Waals surface area contributed by atoms with Gasteiger partial charge in [-0.1, -0.05) is 26.7 Å². The van der Waals surface area contributed by atoms with Crippen LogP contribution in [0.5, 0.6) is 0 Å². The van der Waals surface area contributed by atoms with Crippen LogP contribution >= 0.6 is 0 Å². The van der Waals surface area contributed by atoms with Crippen molar-refractivity contribution in [3.05, 3.63) is 18.1 Å². The highest BCUT2D eigenvalue weighted by Gasteiger charge is 2.06. The highest BCUT2D eigenvalue weighted by Crippen LogP contribution is 2.06. The van der Waals surface area contributed by atoms with Crippen LogP contribution in [0.2, 0.25) is 0 Å². The maximum absolute atomic E-state index is 5.27. The summed E-state index contributed by atoms with van der Waals surface area (Å²) >= 11 is 0. The summed E-state index contributed by atoms with van der Waals surface area (Å²) in [6.45, 7) is 7.58. The van der Waals surface area contributed by atoms with Gasteiger partial charge < -0.3 is 5.43 Å². The minimum Gasteiger partial charge on any atom is -0.307 e. The Labute approximate surface area is 110 Å². The van der Waals surface area contributed by atoms with E-state index < -0.39 is 0 Å². The van der Waals surface area contributed by atoms with Crippen molar-refractivity contribution in [1.82, 2.24) is 14.9 Å². The number of nitrogen functional groups attached to an aromatic ring is 1. The third-order valence-electron chi connectivity index (χ3n) is 2.89. The van der Waals surface area contributed by atoms with Crippen LogP contribution < -0.4 is 11.3 Å². The molecule has 18 heavy (non-hydrogen) atoms. The van der Waals surface area contributed by atoms with Gasteiger partial charge in [0.25, 0.3) is 0 Å². The molecule has 0 amide bonds. The van der Waals surface area contributed by atoms with Crippen LogP contribution in [-0.4, -0.2) is 28.0 Å². The smallest absolute Gasteiger partial charge is 0.158 e. The molecule has 0 fully saturated rings. The maximum Gasteiger partial charge on any atom is 0.158 e. The lowest BCUT2D eigenvalue weighted by atomic mass is 10.2. The Balaban J connectivity index is 2.51. The van der Waals surface area contributed by atoms with Crippen molar-refractivity contribution in [2.75, 3.05) is 18.5 Å². The number of rotatable bonds is 9. The number of aromatic nitrogens is 2. The van der Waals surface area contributed by atoms with E-state index in [9.17, 15) is 0 Å². The first-order chi connectivity index (χ1) is 8.80. The molecule has 1 heterocycles. The van der Waals surface area contributed by atoms with E-state index in [-0.39, 0.29) is 0 Å². The first-order valence-electron chi connectivity index (χ1n) is 6.80. The van der Waals surface area contributed by atoms with E-state index in [1.165, 1.54) is 25.7 Å². The molecule has 3 N–H and O–H groups in total. The Kier molecular flexibility index (Phi) is 7.29. The van der Waals surface area contributed by atoms with Gasteiger partial charge in [0.15, 0.2) is 5.82 Å². The Morgan fingerprint density at radius 2 is 1.78 bits per heavy atom.